The van der Waals surface area contributed by atoms with Crippen molar-refractivity contribution in [2.24, 2.45) is 0 Å². The molecule has 2 heterocycles. The van der Waals surface area contributed by atoms with E-state index >= 15 is 0 Å². The third kappa shape index (κ3) is 3.83. The molecule has 0 aliphatic carbocycles. The van der Waals surface area contributed by atoms with Crippen LogP contribution in [-0.4, -0.2) is 31.6 Å². The summed E-state index contributed by atoms with van der Waals surface area (Å²) >= 11 is 0. The molecule has 1 atom stereocenters. The van der Waals surface area contributed by atoms with Crippen LogP contribution in [0.5, 0.6) is 0 Å². The number of carbonyl (C=O) groups excluding carboxylic acids is 1. The molecule has 124 valence electrons. The molecule has 0 spiro atoms. The second kappa shape index (κ2) is 6.60. The molecule has 1 saturated heterocycles. The smallest absolute Gasteiger partial charge is 0.315 e. The third-order valence-corrected chi connectivity index (χ3v) is 3.98. The van der Waals surface area contributed by atoms with E-state index in [9.17, 15) is 4.79 Å². The van der Waals surface area contributed by atoms with Crippen LogP contribution >= 0.6 is 0 Å². The van der Waals surface area contributed by atoms with Crippen molar-refractivity contribution < 1.29 is 18.7 Å². The maximum absolute atomic E-state index is 12.0. The number of furan rings is 1. The van der Waals surface area contributed by atoms with E-state index < -0.39 is 5.79 Å². The van der Waals surface area contributed by atoms with Crippen LogP contribution in [0.4, 0.5) is 4.79 Å². The van der Waals surface area contributed by atoms with Crippen molar-refractivity contribution >= 4 is 17.0 Å². The molecule has 0 bridgehead atoms. The van der Waals surface area contributed by atoms with Gasteiger partial charge in [0.2, 0.25) is 0 Å². The molecule has 2 aromatic rings. The van der Waals surface area contributed by atoms with Crippen LogP contribution < -0.4 is 10.6 Å². The molecule has 0 saturated carbocycles. The van der Waals surface area contributed by atoms with Crippen molar-refractivity contribution in [3.63, 3.8) is 0 Å². The Morgan fingerprint density at radius 2 is 2.04 bits per heavy atom. The first kappa shape index (κ1) is 15.8. The van der Waals surface area contributed by atoms with Crippen LogP contribution in [0.25, 0.3) is 11.0 Å². The number of rotatable bonds is 5. The minimum Gasteiger partial charge on any atom is -0.459 e. The first-order chi connectivity index (χ1) is 11.1. The predicted molar refractivity (Wildman–Crippen MR) is 86.1 cm³/mol. The van der Waals surface area contributed by atoms with E-state index in [0.29, 0.717) is 26.2 Å². The summed E-state index contributed by atoms with van der Waals surface area (Å²) in [6.07, 6.45) is 0.611. The molecule has 1 aromatic heterocycles. The Morgan fingerprint density at radius 3 is 2.78 bits per heavy atom. The van der Waals surface area contributed by atoms with E-state index in [0.717, 1.165) is 16.7 Å². The van der Waals surface area contributed by atoms with Gasteiger partial charge in [-0.3, -0.25) is 0 Å². The molecular formula is C17H22N2O4. The lowest BCUT2D eigenvalue weighted by Gasteiger charge is -2.22. The first-order valence-corrected chi connectivity index (χ1v) is 7.86. The van der Waals surface area contributed by atoms with Crippen LogP contribution in [-0.2, 0) is 9.47 Å². The molecule has 6 heteroatoms. The number of carbonyl (C=O) groups is 1. The number of hydrogen-bond acceptors (Lipinski definition) is 4. The van der Waals surface area contributed by atoms with Crippen LogP contribution in [0.15, 0.2) is 34.7 Å². The van der Waals surface area contributed by atoms with E-state index in [-0.39, 0.29) is 12.1 Å². The SMILES string of the molecule is CC(NC(=O)NCCC1(C)OCCO1)c1cc2ccccc2o1. The lowest BCUT2D eigenvalue weighted by atomic mass is 10.2. The fraction of sp³-hybridized carbons (Fsp3) is 0.471. The second-order valence-electron chi connectivity index (χ2n) is 5.89. The molecule has 1 aromatic carbocycles. The number of urea groups is 1. The van der Waals surface area contributed by atoms with Gasteiger partial charge in [-0.2, -0.15) is 0 Å². The fourth-order valence-electron chi connectivity index (χ4n) is 2.64. The quantitative estimate of drug-likeness (QED) is 0.889. The monoisotopic (exact) mass is 318 g/mol. The van der Waals surface area contributed by atoms with Crippen molar-refractivity contribution in [1.29, 1.82) is 0 Å². The largest absolute Gasteiger partial charge is 0.459 e. The molecule has 1 aliphatic heterocycles. The van der Waals surface area contributed by atoms with E-state index in [1.54, 1.807) is 0 Å². The maximum Gasteiger partial charge on any atom is 0.315 e. The summed E-state index contributed by atoms with van der Waals surface area (Å²) in [7, 11) is 0. The minimum absolute atomic E-state index is 0.211. The molecule has 1 aliphatic rings. The lowest BCUT2D eigenvalue weighted by Crippen LogP contribution is -2.40. The molecule has 23 heavy (non-hydrogen) atoms. The third-order valence-electron chi connectivity index (χ3n) is 3.98. The zero-order valence-corrected chi connectivity index (χ0v) is 13.4. The van der Waals surface area contributed by atoms with Crippen molar-refractivity contribution in [2.45, 2.75) is 32.1 Å². The zero-order chi connectivity index (χ0) is 16.3. The van der Waals surface area contributed by atoms with Gasteiger partial charge < -0.3 is 24.5 Å². The topological polar surface area (TPSA) is 72.7 Å². The van der Waals surface area contributed by atoms with Crippen molar-refractivity contribution in [3.05, 3.63) is 36.1 Å². The van der Waals surface area contributed by atoms with Gasteiger partial charge in [-0.15, -0.1) is 0 Å². The number of fused-ring (bicyclic) bond motifs is 1. The molecule has 2 N–H and O–H groups in total. The van der Waals surface area contributed by atoms with Gasteiger partial charge in [0.25, 0.3) is 0 Å². The summed E-state index contributed by atoms with van der Waals surface area (Å²) in [5.74, 6) is 0.147. The molecule has 1 fully saturated rings. The lowest BCUT2D eigenvalue weighted by molar-refractivity contribution is -0.145. The average Bonchev–Trinajstić information content (AvgIpc) is 3.13. The van der Waals surface area contributed by atoms with Crippen molar-refractivity contribution in [2.75, 3.05) is 19.8 Å². The van der Waals surface area contributed by atoms with Crippen molar-refractivity contribution in [1.82, 2.24) is 10.6 Å². The summed E-state index contributed by atoms with van der Waals surface area (Å²) in [5.41, 5.74) is 0.819. The number of nitrogens with one attached hydrogen (secondary N) is 2. The van der Waals surface area contributed by atoms with Gasteiger partial charge in [0, 0.05) is 18.4 Å². The highest BCUT2D eigenvalue weighted by Gasteiger charge is 2.30. The van der Waals surface area contributed by atoms with Gasteiger partial charge in [0.05, 0.1) is 19.3 Å². The molecule has 1 unspecified atom stereocenters. The standard InChI is InChI=1S/C17H22N2O4/c1-12(15-11-13-5-3-4-6-14(13)23-15)19-16(20)18-8-7-17(2)21-9-10-22-17/h3-6,11-12H,7-10H2,1-2H3,(H2,18,19,20). The summed E-state index contributed by atoms with van der Waals surface area (Å²) in [5, 5.41) is 6.71. The summed E-state index contributed by atoms with van der Waals surface area (Å²) < 4.78 is 16.7. The molecule has 2 amide bonds. The molecule has 6 nitrogen and oxygen atoms in total. The van der Waals surface area contributed by atoms with E-state index in [4.69, 9.17) is 13.9 Å². The van der Waals surface area contributed by atoms with Gasteiger partial charge in [-0.25, -0.2) is 4.79 Å². The van der Waals surface area contributed by atoms with Crippen LogP contribution in [0, 0.1) is 0 Å². The Morgan fingerprint density at radius 1 is 1.30 bits per heavy atom. The average molecular weight is 318 g/mol. The molecule has 0 radical (unpaired) electrons. The summed E-state index contributed by atoms with van der Waals surface area (Å²) in [6, 6.07) is 9.28. The highest BCUT2D eigenvalue weighted by Crippen LogP contribution is 2.24. The van der Waals surface area contributed by atoms with E-state index in [1.807, 2.05) is 44.2 Å². The Labute approximate surface area is 135 Å². The number of ether oxygens (including phenoxy) is 2. The van der Waals surface area contributed by atoms with Gasteiger partial charge >= 0.3 is 6.03 Å². The molecular weight excluding hydrogens is 296 g/mol. The van der Waals surface area contributed by atoms with Gasteiger partial charge in [-0.05, 0) is 26.0 Å². The number of para-hydroxylation sites is 1. The molecule has 3 rings (SSSR count). The van der Waals surface area contributed by atoms with Gasteiger partial charge in [0.1, 0.15) is 11.3 Å². The first-order valence-electron chi connectivity index (χ1n) is 7.86. The van der Waals surface area contributed by atoms with E-state index in [2.05, 4.69) is 10.6 Å². The Hall–Kier alpha value is -2.05. The van der Waals surface area contributed by atoms with Crippen LogP contribution in [0.3, 0.4) is 0 Å². The maximum atomic E-state index is 12.0. The van der Waals surface area contributed by atoms with Crippen LogP contribution in [0.2, 0.25) is 0 Å². The van der Waals surface area contributed by atoms with E-state index in [1.165, 1.54) is 0 Å². The zero-order valence-electron chi connectivity index (χ0n) is 13.4. The highest BCUT2D eigenvalue weighted by atomic mass is 16.7. The van der Waals surface area contributed by atoms with Gasteiger partial charge in [0.15, 0.2) is 5.79 Å². The summed E-state index contributed by atoms with van der Waals surface area (Å²) in [6.45, 7) is 5.46. The Bertz CT molecular complexity index is 643. The number of hydrogen-bond donors (Lipinski definition) is 2. The highest BCUT2D eigenvalue weighted by molar-refractivity contribution is 5.78. The minimum atomic E-state index is -0.586. The summed E-state index contributed by atoms with van der Waals surface area (Å²) in [4.78, 5) is 12.0. The Balaban J connectivity index is 1.49. The number of benzene rings is 1. The van der Waals surface area contributed by atoms with Crippen molar-refractivity contribution in [3.8, 4) is 0 Å². The fourth-order valence-corrected chi connectivity index (χ4v) is 2.64. The second-order valence-corrected chi connectivity index (χ2v) is 5.89. The van der Waals surface area contributed by atoms with Gasteiger partial charge in [-0.1, -0.05) is 18.2 Å². The Kier molecular flexibility index (Phi) is 4.54. The van der Waals surface area contributed by atoms with Crippen LogP contribution in [0.1, 0.15) is 32.1 Å². The number of amides is 2. The predicted octanol–water partition coefficient (Wildman–Crippen LogP) is 2.95. The normalized spacial score (nSPS) is 18.0.